The van der Waals surface area contributed by atoms with Crippen LogP contribution in [0.5, 0.6) is 0 Å². The lowest BCUT2D eigenvalue weighted by molar-refractivity contribution is -0.0851. The number of rotatable bonds is 2. The van der Waals surface area contributed by atoms with E-state index in [1.807, 2.05) is 0 Å². The van der Waals surface area contributed by atoms with Crippen molar-refractivity contribution in [2.24, 2.45) is 17.3 Å². The van der Waals surface area contributed by atoms with Crippen LogP contribution >= 0.6 is 11.8 Å². The molecule has 3 atom stereocenters. The number of thioether (sulfide) groups is 1. The minimum atomic E-state index is 0.458. The lowest BCUT2D eigenvalue weighted by atomic mass is 9.45. The average molecular weight is 246 g/mol. The van der Waals surface area contributed by atoms with Crippen LogP contribution < -0.4 is 0 Å². The van der Waals surface area contributed by atoms with E-state index in [0.717, 1.165) is 11.8 Å². The van der Waals surface area contributed by atoms with Gasteiger partial charge in [0.2, 0.25) is 0 Å². The normalized spacial score (nSPS) is 38.5. The van der Waals surface area contributed by atoms with Gasteiger partial charge in [-0.25, -0.2) is 0 Å². The van der Waals surface area contributed by atoms with Crippen molar-refractivity contribution < 1.29 is 0 Å². The minimum Gasteiger partial charge on any atom is -0.119 e. The summed E-state index contributed by atoms with van der Waals surface area (Å²) in [5, 5.41) is 0. The zero-order valence-electron chi connectivity index (χ0n) is 11.1. The highest BCUT2D eigenvalue weighted by Gasteiger charge is 2.59. The Balaban J connectivity index is 1.82. The number of hydrogen-bond donors (Lipinski definition) is 0. The fraction of sp³-hybridized carbons (Fsp3) is 0.625. The molecule has 3 saturated carbocycles. The molecule has 0 N–H and O–H groups in total. The molecule has 3 aliphatic carbocycles. The van der Waals surface area contributed by atoms with Crippen molar-refractivity contribution in [1.82, 2.24) is 0 Å². The highest BCUT2D eigenvalue weighted by atomic mass is 32.2. The van der Waals surface area contributed by atoms with Gasteiger partial charge in [-0.15, -0.1) is 11.8 Å². The van der Waals surface area contributed by atoms with Crippen LogP contribution in [0.4, 0.5) is 0 Å². The summed E-state index contributed by atoms with van der Waals surface area (Å²) in [7, 11) is 0. The van der Waals surface area contributed by atoms with Crippen molar-refractivity contribution >= 4 is 11.8 Å². The van der Waals surface area contributed by atoms with Crippen LogP contribution in [0.25, 0.3) is 0 Å². The molecule has 3 fully saturated rings. The monoisotopic (exact) mass is 246 g/mol. The Morgan fingerprint density at radius 3 is 2.41 bits per heavy atom. The second kappa shape index (κ2) is 3.78. The maximum Gasteiger partial charge on any atom is 0.0212 e. The Labute approximate surface area is 109 Å². The molecule has 17 heavy (non-hydrogen) atoms. The van der Waals surface area contributed by atoms with Gasteiger partial charge in [-0.1, -0.05) is 32.0 Å². The zero-order chi connectivity index (χ0) is 12.1. The third-order valence-electron chi connectivity index (χ3n) is 5.29. The molecular formula is C16H22S. The Kier molecular flexibility index (Phi) is 2.59. The van der Waals surface area contributed by atoms with Crippen molar-refractivity contribution in [3.05, 3.63) is 30.3 Å². The molecule has 1 aromatic rings. The van der Waals surface area contributed by atoms with Crippen molar-refractivity contribution in [3.8, 4) is 0 Å². The molecule has 0 heterocycles. The first kappa shape index (κ1) is 11.6. The van der Waals surface area contributed by atoms with Crippen molar-refractivity contribution in [2.45, 2.75) is 49.7 Å². The predicted octanol–water partition coefficient (Wildman–Crippen LogP) is 4.99. The van der Waals surface area contributed by atoms with Gasteiger partial charge in [-0.3, -0.25) is 0 Å². The van der Waals surface area contributed by atoms with E-state index in [2.05, 4.69) is 62.9 Å². The molecule has 1 aromatic carbocycles. The van der Waals surface area contributed by atoms with E-state index in [1.54, 1.807) is 0 Å². The second-order valence-corrected chi connectivity index (χ2v) is 8.18. The highest BCUT2D eigenvalue weighted by molar-refractivity contribution is 8.00. The third-order valence-corrected chi connectivity index (χ3v) is 6.75. The van der Waals surface area contributed by atoms with E-state index >= 15 is 0 Å². The molecule has 2 bridgehead atoms. The van der Waals surface area contributed by atoms with Crippen LogP contribution in [-0.2, 0) is 0 Å². The highest BCUT2D eigenvalue weighted by Crippen LogP contribution is 2.66. The molecule has 92 valence electrons. The Bertz CT molecular complexity index is 407. The summed E-state index contributed by atoms with van der Waals surface area (Å²) in [4.78, 5) is 1.44. The largest absolute Gasteiger partial charge is 0.119 e. The van der Waals surface area contributed by atoms with Crippen molar-refractivity contribution in [1.29, 1.82) is 0 Å². The summed E-state index contributed by atoms with van der Waals surface area (Å²) in [5.74, 6) is 1.90. The Morgan fingerprint density at radius 1 is 1.12 bits per heavy atom. The number of fused-ring (bicyclic) bond motifs is 2. The van der Waals surface area contributed by atoms with E-state index in [0.29, 0.717) is 10.2 Å². The molecule has 3 unspecified atom stereocenters. The first-order valence-electron chi connectivity index (χ1n) is 6.76. The van der Waals surface area contributed by atoms with E-state index < -0.39 is 0 Å². The molecule has 0 radical (unpaired) electrons. The van der Waals surface area contributed by atoms with E-state index in [9.17, 15) is 0 Å². The second-order valence-electron chi connectivity index (χ2n) is 6.57. The zero-order valence-corrected chi connectivity index (χ0v) is 11.9. The molecule has 0 aromatic heterocycles. The SMILES string of the molecule is CC1(Sc2ccccc2)CCC2CC1C2(C)C. The lowest BCUT2D eigenvalue weighted by Crippen LogP contribution is -2.58. The van der Waals surface area contributed by atoms with Gasteiger partial charge >= 0.3 is 0 Å². The first-order chi connectivity index (χ1) is 8.02. The first-order valence-corrected chi connectivity index (χ1v) is 7.58. The number of benzene rings is 1. The third kappa shape index (κ3) is 1.74. The summed E-state index contributed by atoms with van der Waals surface area (Å²) >= 11 is 2.12. The smallest absolute Gasteiger partial charge is 0.0212 e. The van der Waals surface area contributed by atoms with Crippen molar-refractivity contribution in [3.63, 3.8) is 0 Å². The van der Waals surface area contributed by atoms with Gasteiger partial charge in [-0.2, -0.15) is 0 Å². The van der Waals surface area contributed by atoms with Crippen LogP contribution in [0.3, 0.4) is 0 Å². The van der Waals surface area contributed by atoms with Crippen LogP contribution in [-0.4, -0.2) is 4.75 Å². The molecule has 0 saturated heterocycles. The minimum absolute atomic E-state index is 0.458. The maximum absolute atomic E-state index is 2.49. The summed E-state index contributed by atoms with van der Waals surface area (Å²) < 4.78 is 0.458. The summed E-state index contributed by atoms with van der Waals surface area (Å²) in [6, 6.07) is 10.9. The van der Waals surface area contributed by atoms with Crippen LogP contribution in [0.1, 0.15) is 40.0 Å². The topological polar surface area (TPSA) is 0 Å². The van der Waals surface area contributed by atoms with Crippen molar-refractivity contribution in [2.75, 3.05) is 0 Å². The summed E-state index contributed by atoms with van der Waals surface area (Å²) in [5.41, 5.74) is 0.578. The molecule has 1 heteroatoms. The average Bonchev–Trinajstić information content (AvgIpc) is 2.29. The van der Waals surface area contributed by atoms with Gasteiger partial charge in [0.05, 0.1) is 0 Å². The molecule has 0 nitrogen and oxygen atoms in total. The van der Waals surface area contributed by atoms with Gasteiger partial charge in [0.15, 0.2) is 0 Å². The summed E-state index contributed by atoms with van der Waals surface area (Å²) in [6.45, 7) is 7.45. The van der Waals surface area contributed by atoms with E-state index in [4.69, 9.17) is 0 Å². The molecular weight excluding hydrogens is 224 g/mol. The van der Waals surface area contributed by atoms with E-state index in [-0.39, 0.29) is 0 Å². The fourth-order valence-electron chi connectivity index (χ4n) is 4.06. The molecule has 4 rings (SSSR count). The standard InChI is InChI=1S/C16H22S/c1-15(2)12-9-10-16(3,14(15)11-12)17-13-7-5-4-6-8-13/h4-8,12,14H,9-11H2,1-3H3. The van der Waals surface area contributed by atoms with Gasteiger partial charge < -0.3 is 0 Å². The number of hydrogen-bond acceptors (Lipinski definition) is 1. The predicted molar refractivity (Wildman–Crippen MR) is 75.3 cm³/mol. The Hall–Kier alpha value is -0.430. The van der Waals surface area contributed by atoms with Crippen LogP contribution in [0.15, 0.2) is 35.2 Å². The molecule has 0 amide bonds. The van der Waals surface area contributed by atoms with Crippen LogP contribution in [0.2, 0.25) is 0 Å². The molecule has 0 spiro atoms. The molecule has 0 aliphatic heterocycles. The fourth-order valence-corrected chi connectivity index (χ4v) is 5.65. The maximum atomic E-state index is 2.49. The van der Waals surface area contributed by atoms with Gasteiger partial charge in [0.1, 0.15) is 0 Å². The quantitative estimate of drug-likeness (QED) is 0.708. The van der Waals surface area contributed by atoms with Gasteiger partial charge in [0.25, 0.3) is 0 Å². The molecule has 3 aliphatic rings. The lowest BCUT2D eigenvalue weighted by Gasteiger charge is -2.64. The van der Waals surface area contributed by atoms with Crippen LogP contribution in [0, 0.1) is 17.3 Å². The van der Waals surface area contributed by atoms with E-state index in [1.165, 1.54) is 24.2 Å². The Morgan fingerprint density at radius 2 is 1.82 bits per heavy atom. The van der Waals surface area contributed by atoms with Gasteiger partial charge in [-0.05, 0) is 55.6 Å². The summed E-state index contributed by atoms with van der Waals surface area (Å²) in [6.07, 6.45) is 4.29. The van der Waals surface area contributed by atoms with Gasteiger partial charge in [0, 0.05) is 9.64 Å².